The van der Waals surface area contributed by atoms with Crippen LogP contribution in [0.3, 0.4) is 0 Å². The molecule has 3 nitrogen and oxygen atoms in total. The van der Waals surface area contributed by atoms with Gasteiger partial charge in [-0.3, -0.25) is 0 Å². The van der Waals surface area contributed by atoms with Gasteiger partial charge in [-0.05, 0) is 32.7 Å². The molecule has 2 heterocycles. The highest BCUT2D eigenvalue weighted by Gasteiger charge is 2.18. The minimum absolute atomic E-state index is 0.492. The Hall–Kier alpha value is -0.160. The summed E-state index contributed by atoms with van der Waals surface area (Å²) in [6.07, 6.45) is 5.12. The fraction of sp³-hybridized carbons (Fsp3) is 0.786. The molecule has 1 aromatic heterocycles. The summed E-state index contributed by atoms with van der Waals surface area (Å²) >= 11 is 7.49. The lowest BCUT2D eigenvalue weighted by Gasteiger charge is -2.31. The maximum Gasteiger partial charge on any atom is 0.0929 e. The summed E-state index contributed by atoms with van der Waals surface area (Å²) in [7, 11) is 0. The van der Waals surface area contributed by atoms with E-state index in [-0.39, 0.29) is 0 Å². The number of ether oxygens (including phenoxy) is 1. The number of nitrogens with zero attached hydrogens (tertiary/aromatic N) is 2. The largest absolute Gasteiger partial charge is 0.378 e. The van der Waals surface area contributed by atoms with Crippen LogP contribution in [0.25, 0.3) is 0 Å². The first kappa shape index (κ1) is 15.2. The Morgan fingerprint density at radius 3 is 2.89 bits per heavy atom. The Labute approximate surface area is 124 Å². The Kier molecular flexibility index (Phi) is 6.57. The van der Waals surface area contributed by atoms with Gasteiger partial charge in [0.05, 0.1) is 22.7 Å². The van der Waals surface area contributed by atoms with Crippen LogP contribution in [0, 0.1) is 0 Å². The molecule has 5 heteroatoms. The van der Waals surface area contributed by atoms with E-state index < -0.39 is 0 Å². The van der Waals surface area contributed by atoms with Crippen LogP contribution in [-0.4, -0.2) is 42.2 Å². The second-order valence-electron chi connectivity index (χ2n) is 4.97. The van der Waals surface area contributed by atoms with Gasteiger partial charge in [-0.25, -0.2) is 4.98 Å². The van der Waals surface area contributed by atoms with Gasteiger partial charge in [0.15, 0.2) is 0 Å². The number of rotatable bonds is 7. The zero-order chi connectivity index (χ0) is 13.5. The zero-order valence-corrected chi connectivity index (χ0v) is 13.2. The fourth-order valence-corrected chi connectivity index (χ4v) is 3.58. The van der Waals surface area contributed by atoms with Crippen molar-refractivity contribution in [2.75, 3.05) is 26.2 Å². The van der Waals surface area contributed by atoms with Gasteiger partial charge in [0.25, 0.3) is 0 Å². The lowest BCUT2D eigenvalue weighted by molar-refractivity contribution is 0.0141. The molecular weight excluding hydrogens is 280 g/mol. The first-order chi connectivity index (χ1) is 9.31. The third-order valence-electron chi connectivity index (χ3n) is 3.54. The number of hydrogen-bond donors (Lipinski definition) is 0. The Bertz CT molecular complexity index is 364. The highest BCUT2D eigenvalue weighted by molar-refractivity contribution is 7.09. The summed E-state index contributed by atoms with van der Waals surface area (Å²) in [6.45, 7) is 6.45. The molecule has 19 heavy (non-hydrogen) atoms. The molecule has 0 atom stereocenters. The van der Waals surface area contributed by atoms with Crippen LogP contribution in [0.15, 0.2) is 5.38 Å². The molecule has 108 valence electrons. The van der Waals surface area contributed by atoms with Crippen molar-refractivity contribution >= 4 is 22.9 Å². The minimum atomic E-state index is 0.492. The molecule has 1 aliphatic rings. The summed E-state index contributed by atoms with van der Waals surface area (Å²) in [5.41, 5.74) is 1.01. The molecule has 1 fully saturated rings. The molecular formula is C14H23ClN2OS. The summed E-state index contributed by atoms with van der Waals surface area (Å²) < 4.78 is 5.67. The molecule has 0 unspecified atom stereocenters. The average molecular weight is 303 g/mol. The van der Waals surface area contributed by atoms with Crippen LogP contribution in [-0.2, 0) is 17.0 Å². The molecule has 0 radical (unpaired) electrons. The van der Waals surface area contributed by atoms with Gasteiger partial charge in [-0.15, -0.1) is 22.9 Å². The number of hydrogen-bond acceptors (Lipinski definition) is 4. The van der Waals surface area contributed by atoms with Crippen LogP contribution in [0.1, 0.15) is 36.9 Å². The van der Waals surface area contributed by atoms with Gasteiger partial charge in [0, 0.05) is 31.5 Å². The van der Waals surface area contributed by atoms with Crippen molar-refractivity contribution in [1.82, 2.24) is 9.88 Å². The van der Waals surface area contributed by atoms with E-state index in [0.717, 1.165) is 18.7 Å². The molecule has 0 amide bonds. The fourth-order valence-electron chi connectivity index (χ4n) is 2.51. The molecule has 0 N–H and O–H groups in total. The topological polar surface area (TPSA) is 25.4 Å². The molecule has 0 aromatic carbocycles. The molecule has 0 spiro atoms. The van der Waals surface area contributed by atoms with Crippen LogP contribution in [0.5, 0.6) is 0 Å². The number of piperidine rings is 1. The van der Waals surface area contributed by atoms with Crippen molar-refractivity contribution in [3.05, 3.63) is 16.1 Å². The number of likely N-dealkylation sites (tertiary alicyclic amines) is 1. The lowest BCUT2D eigenvalue weighted by atomic mass is 10.1. The van der Waals surface area contributed by atoms with E-state index in [9.17, 15) is 0 Å². The SMILES string of the molecule is CCOC1CCN(CCCc2nc(CCl)cs2)CC1. The maximum absolute atomic E-state index is 5.76. The van der Waals surface area contributed by atoms with E-state index in [1.807, 2.05) is 0 Å². The van der Waals surface area contributed by atoms with Gasteiger partial charge in [-0.2, -0.15) is 0 Å². The van der Waals surface area contributed by atoms with Crippen molar-refractivity contribution in [3.8, 4) is 0 Å². The molecule has 0 bridgehead atoms. The van der Waals surface area contributed by atoms with Crippen molar-refractivity contribution in [3.63, 3.8) is 0 Å². The van der Waals surface area contributed by atoms with Gasteiger partial charge in [-0.1, -0.05) is 0 Å². The predicted molar refractivity (Wildman–Crippen MR) is 81.1 cm³/mol. The normalized spacial score (nSPS) is 18.0. The van der Waals surface area contributed by atoms with Crippen LogP contribution >= 0.6 is 22.9 Å². The maximum atomic E-state index is 5.76. The van der Waals surface area contributed by atoms with Gasteiger partial charge < -0.3 is 9.64 Å². The van der Waals surface area contributed by atoms with Crippen LogP contribution < -0.4 is 0 Å². The van der Waals surface area contributed by atoms with E-state index in [2.05, 4.69) is 22.2 Å². The van der Waals surface area contributed by atoms with Gasteiger partial charge in [0.2, 0.25) is 0 Å². The summed E-state index contributed by atoms with van der Waals surface area (Å²) in [5.74, 6) is 0.529. The molecule has 1 saturated heterocycles. The predicted octanol–water partition coefficient (Wildman–Crippen LogP) is 3.32. The molecule has 1 aromatic rings. The van der Waals surface area contributed by atoms with E-state index in [0.29, 0.717) is 12.0 Å². The van der Waals surface area contributed by atoms with Crippen LogP contribution in [0.4, 0.5) is 0 Å². The average Bonchev–Trinajstić information content (AvgIpc) is 2.89. The molecule has 0 aliphatic carbocycles. The Balaban J connectivity index is 1.61. The molecule has 2 rings (SSSR count). The summed E-state index contributed by atoms with van der Waals surface area (Å²) in [6, 6.07) is 0. The second kappa shape index (κ2) is 8.20. The zero-order valence-electron chi connectivity index (χ0n) is 11.6. The third-order valence-corrected chi connectivity index (χ3v) is 4.77. The first-order valence-corrected chi connectivity index (χ1v) is 8.56. The summed E-state index contributed by atoms with van der Waals surface area (Å²) in [5, 5.41) is 3.29. The number of thiazole rings is 1. The number of alkyl halides is 1. The van der Waals surface area contributed by atoms with Crippen molar-refractivity contribution in [1.29, 1.82) is 0 Å². The van der Waals surface area contributed by atoms with E-state index in [1.165, 1.54) is 43.9 Å². The minimum Gasteiger partial charge on any atom is -0.378 e. The van der Waals surface area contributed by atoms with Gasteiger partial charge >= 0.3 is 0 Å². The van der Waals surface area contributed by atoms with E-state index in [1.54, 1.807) is 11.3 Å². The second-order valence-corrected chi connectivity index (χ2v) is 6.18. The third kappa shape index (κ3) is 5.03. The number of halogens is 1. The Morgan fingerprint density at radius 2 is 2.26 bits per heavy atom. The molecule has 0 saturated carbocycles. The highest BCUT2D eigenvalue weighted by Crippen LogP contribution is 2.16. The van der Waals surface area contributed by atoms with Gasteiger partial charge in [0.1, 0.15) is 0 Å². The van der Waals surface area contributed by atoms with Crippen molar-refractivity contribution in [2.24, 2.45) is 0 Å². The number of aromatic nitrogens is 1. The smallest absolute Gasteiger partial charge is 0.0929 e. The summed E-state index contributed by atoms with van der Waals surface area (Å²) in [4.78, 5) is 7.04. The standard InChI is InChI=1S/C14H23ClN2OS/c1-2-18-13-5-8-17(9-6-13)7-3-4-14-16-12(10-15)11-19-14/h11,13H,2-10H2,1H3. The number of aryl methyl sites for hydroxylation is 1. The quantitative estimate of drug-likeness (QED) is 0.723. The van der Waals surface area contributed by atoms with E-state index in [4.69, 9.17) is 16.3 Å². The Morgan fingerprint density at radius 1 is 1.47 bits per heavy atom. The van der Waals surface area contributed by atoms with Crippen LogP contribution in [0.2, 0.25) is 0 Å². The molecule has 1 aliphatic heterocycles. The lowest BCUT2D eigenvalue weighted by Crippen LogP contribution is -2.37. The first-order valence-electron chi connectivity index (χ1n) is 7.15. The van der Waals surface area contributed by atoms with E-state index >= 15 is 0 Å². The monoisotopic (exact) mass is 302 g/mol. The highest BCUT2D eigenvalue weighted by atomic mass is 35.5. The van der Waals surface area contributed by atoms with Crippen molar-refractivity contribution < 1.29 is 4.74 Å². The van der Waals surface area contributed by atoms with Crippen molar-refractivity contribution in [2.45, 2.75) is 44.6 Å².